The normalized spacial score (nSPS) is 53.9. The van der Waals surface area contributed by atoms with Crippen molar-refractivity contribution in [2.45, 2.75) is 32.1 Å². The lowest BCUT2D eigenvalue weighted by atomic mass is 9.72. The van der Waals surface area contributed by atoms with E-state index in [9.17, 15) is 9.59 Å². The van der Waals surface area contributed by atoms with Crippen LogP contribution < -0.4 is 0 Å². The number of Topliss-reactive ketones (excluding diaryl/α,β-unsaturated/α-hetero) is 2. The highest BCUT2D eigenvalue weighted by Crippen LogP contribution is 2.68. The quantitative estimate of drug-likeness (QED) is 0.361. The van der Waals surface area contributed by atoms with Gasteiger partial charge in [-0.05, 0) is 49.4 Å². The number of fused-ring (bicyclic) bond motifs is 11. The highest BCUT2D eigenvalue weighted by molar-refractivity contribution is 6.10. The lowest BCUT2D eigenvalue weighted by Gasteiger charge is -2.30. The number of carbonyl (C=O) groups is 2. The number of hydrogen-bond acceptors (Lipinski definition) is 2. The Kier molecular flexibility index (Phi) is 1.37. The van der Waals surface area contributed by atoms with Crippen molar-refractivity contribution in [2.24, 2.45) is 35.5 Å². The highest BCUT2D eigenvalue weighted by Gasteiger charge is 2.64. The summed E-state index contributed by atoms with van der Waals surface area (Å²) in [5.41, 5.74) is 3.35. The average Bonchev–Trinajstić information content (AvgIpc) is 3.03. The van der Waals surface area contributed by atoms with Gasteiger partial charge in [0.05, 0.1) is 6.42 Å². The van der Waals surface area contributed by atoms with Crippen LogP contribution in [-0.2, 0) is 9.59 Å². The predicted molar refractivity (Wildman–Crippen MR) is 61.1 cm³/mol. The fraction of sp³-hybridized carbons (Fsp3) is 0.733. The minimum Gasteiger partial charge on any atom is -0.299 e. The van der Waals surface area contributed by atoms with E-state index in [1.165, 1.54) is 19.3 Å². The van der Waals surface area contributed by atoms with Crippen molar-refractivity contribution in [1.82, 2.24) is 0 Å². The number of ketones is 2. The van der Waals surface area contributed by atoms with Crippen molar-refractivity contribution in [3.8, 4) is 0 Å². The van der Waals surface area contributed by atoms with E-state index in [-0.39, 0.29) is 29.8 Å². The molecule has 5 aliphatic carbocycles. The standard InChI is InChI=1S/C15H16O2/c16-10-5-11(17)15-9-4-8(14(10)15)12-6-1-2-7(3-6)13(9)12/h6-9,14-15H,1-5H2/t6-,7-,8+,9+,14+,15+/m1/s1. The first-order chi connectivity index (χ1) is 8.25. The molecule has 2 heteroatoms. The number of carbonyl (C=O) groups excluding carboxylic acids is 2. The largest absolute Gasteiger partial charge is 0.299 e. The van der Waals surface area contributed by atoms with Gasteiger partial charge in [-0.25, -0.2) is 0 Å². The first kappa shape index (κ1) is 9.07. The van der Waals surface area contributed by atoms with Gasteiger partial charge in [-0.2, -0.15) is 0 Å². The molecule has 0 N–H and O–H groups in total. The summed E-state index contributed by atoms with van der Waals surface area (Å²) in [7, 11) is 0. The Bertz CT molecular complexity index is 459. The van der Waals surface area contributed by atoms with Gasteiger partial charge >= 0.3 is 0 Å². The Morgan fingerprint density at radius 3 is 1.82 bits per heavy atom. The molecule has 17 heavy (non-hydrogen) atoms. The summed E-state index contributed by atoms with van der Waals surface area (Å²) in [6.45, 7) is 0. The SMILES string of the molecule is O=C1CC(=O)[C@H]2[C@H]1[C@H]1C[C@H]2C2=C1[C@@H]1CC[C@@H]2C1. The van der Waals surface area contributed by atoms with Gasteiger partial charge in [-0.15, -0.1) is 0 Å². The molecule has 88 valence electrons. The van der Waals surface area contributed by atoms with Crippen molar-refractivity contribution in [3.63, 3.8) is 0 Å². The van der Waals surface area contributed by atoms with Gasteiger partial charge in [0.1, 0.15) is 11.6 Å². The maximum absolute atomic E-state index is 12.0. The third kappa shape index (κ3) is 0.820. The van der Waals surface area contributed by atoms with Crippen molar-refractivity contribution < 1.29 is 9.59 Å². The Morgan fingerprint density at radius 2 is 1.29 bits per heavy atom. The number of allylic oxidation sites excluding steroid dienone is 2. The van der Waals surface area contributed by atoms with E-state index < -0.39 is 0 Å². The Balaban J connectivity index is 1.69. The second kappa shape index (κ2) is 2.57. The van der Waals surface area contributed by atoms with Crippen molar-refractivity contribution >= 4 is 11.6 Å². The van der Waals surface area contributed by atoms with Crippen LogP contribution in [0.1, 0.15) is 32.1 Å². The highest BCUT2D eigenvalue weighted by atomic mass is 16.2. The van der Waals surface area contributed by atoms with Crippen molar-refractivity contribution in [2.75, 3.05) is 0 Å². The van der Waals surface area contributed by atoms with E-state index in [1.54, 1.807) is 11.1 Å². The lowest BCUT2D eigenvalue weighted by Crippen LogP contribution is -2.29. The molecule has 0 unspecified atom stereocenters. The van der Waals surface area contributed by atoms with Crippen LogP contribution in [0.2, 0.25) is 0 Å². The van der Waals surface area contributed by atoms with E-state index in [0.717, 1.165) is 18.3 Å². The first-order valence-electron chi connectivity index (χ1n) is 7.05. The van der Waals surface area contributed by atoms with Crippen LogP contribution in [0.5, 0.6) is 0 Å². The second-order valence-electron chi connectivity index (χ2n) is 6.73. The zero-order valence-electron chi connectivity index (χ0n) is 9.82. The summed E-state index contributed by atoms with van der Waals surface area (Å²) in [5.74, 6) is 3.35. The molecule has 0 aromatic carbocycles. The van der Waals surface area contributed by atoms with Gasteiger partial charge in [0.15, 0.2) is 0 Å². The molecule has 0 amide bonds. The molecular formula is C15H16O2. The van der Waals surface area contributed by atoms with Gasteiger partial charge in [0, 0.05) is 11.8 Å². The summed E-state index contributed by atoms with van der Waals surface area (Å²) < 4.78 is 0. The molecular weight excluding hydrogens is 212 g/mol. The van der Waals surface area contributed by atoms with E-state index in [1.807, 2.05) is 0 Å². The van der Waals surface area contributed by atoms with E-state index in [2.05, 4.69) is 0 Å². The molecule has 4 bridgehead atoms. The predicted octanol–water partition coefficient (Wildman–Crippen LogP) is 2.14. The molecule has 0 aliphatic heterocycles. The Labute approximate surface area is 100 Å². The topological polar surface area (TPSA) is 34.1 Å². The summed E-state index contributed by atoms with van der Waals surface area (Å²) in [6.07, 6.45) is 5.45. The molecule has 6 atom stereocenters. The molecule has 2 nitrogen and oxygen atoms in total. The van der Waals surface area contributed by atoms with Gasteiger partial charge in [-0.1, -0.05) is 11.1 Å². The molecule has 0 radical (unpaired) electrons. The Morgan fingerprint density at radius 1 is 0.765 bits per heavy atom. The fourth-order valence-electron chi connectivity index (χ4n) is 6.02. The molecule has 3 saturated carbocycles. The van der Waals surface area contributed by atoms with Crippen LogP contribution in [0.15, 0.2) is 11.1 Å². The van der Waals surface area contributed by atoms with Gasteiger partial charge in [0.25, 0.3) is 0 Å². The zero-order chi connectivity index (χ0) is 11.3. The monoisotopic (exact) mass is 228 g/mol. The van der Waals surface area contributed by atoms with E-state index in [0.29, 0.717) is 11.8 Å². The number of hydrogen-bond donors (Lipinski definition) is 0. The van der Waals surface area contributed by atoms with Crippen LogP contribution in [0.4, 0.5) is 0 Å². The molecule has 0 saturated heterocycles. The molecule has 3 fully saturated rings. The maximum atomic E-state index is 12.0. The summed E-state index contributed by atoms with van der Waals surface area (Å²) >= 11 is 0. The van der Waals surface area contributed by atoms with Crippen LogP contribution in [0, 0.1) is 35.5 Å². The molecule has 0 heterocycles. The van der Waals surface area contributed by atoms with Crippen LogP contribution in [-0.4, -0.2) is 11.6 Å². The van der Waals surface area contributed by atoms with E-state index >= 15 is 0 Å². The van der Waals surface area contributed by atoms with Crippen molar-refractivity contribution in [3.05, 3.63) is 11.1 Å². The molecule has 5 aliphatic rings. The smallest absolute Gasteiger partial charge is 0.144 e. The third-order valence-electron chi connectivity index (χ3n) is 6.30. The fourth-order valence-corrected chi connectivity index (χ4v) is 6.02. The van der Waals surface area contributed by atoms with Crippen molar-refractivity contribution in [1.29, 1.82) is 0 Å². The van der Waals surface area contributed by atoms with Crippen LogP contribution in [0.25, 0.3) is 0 Å². The average molecular weight is 228 g/mol. The molecule has 5 rings (SSSR count). The lowest BCUT2D eigenvalue weighted by molar-refractivity contribution is -0.123. The van der Waals surface area contributed by atoms with E-state index in [4.69, 9.17) is 0 Å². The third-order valence-corrected chi connectivity index (χ3v) is 6.30. The van der Waals surface area contributed by atoms with Gasteiger partial charge in [-0.3, -0.25) is 9.59 Å². The minimum absolute atomic E-state index is 0.116. The van der Waals surface area contributed by atoms with Gasteiger partial charge in [0.2, 0.25) is 0 Å². The van der Waals surface area contributed by atoms with Crippen LogP contribution >= 0.6 is 0 Å². The molecule has 0 aromatic heterocycles. The minimum atomic E-state index is 0.116. The Hall–Kier alpha value is -0.920. The first-order valence-corrected chi connectivity index (χ1v) is 7.05. The molecule has 0 spiro atoms. The summed E-state index contributed by atoms with van der Waals surface area (Å²) in [4.78, 5) is 24.0. The maximum Gasteiger partial charge on any atom is 0.144 e. The number of rotatable bonds is 0. The van der Waals surface area contributed by atoms with Crippen LogP contribution in [0.3, 0.4) is 0 Å². The summed E-state index contributed by atoms with van der Waals surface area (Å²) in [6, 6.07) is 0. The summed E-state index contributed by atoms with van der Waals surface area (Å²) in [5, 5.41) is 0. The second-order valence-corrected chi connectivity index (χ2v) is 6.73. The van der Waals surface area contributed by atoms with Gasteiger partial charge < -0.3 is 0 Å². The molecule has 0 aromatic rings. The zero-order valence-corrected chi connectivity index (χ0v) is 9.82.